The van der Waals surface area contributed by atoms with Crippen LogP contribution in [0.15, 0.2) is 0 Å². The van der Waals surface area contributed by atoms with Gasteiger partial charge in [-0.1, -0.05) is 38.4 Å². The summed E-state index contributed by atoms with van der Waals surface area (Å²) >= 11 is 5.14. The summed E-state index contributed by atoms with van der Waals surface area (Å²) in [6.07, 6.45) is 8.14. The van der Waals surface area contributed by atoms with Crippen molar-refractivity contribution in [3.05, 3.63) is 0 Å². The quantitative estimate of drug-likeness (QED) is 0.791. The van der Waals surface area contributed by atoms with Crippen LogP contribution in [0.4, 0.5) is 0 Å². The average Bonchev–Trinajstić information content (AvgIpc) is 2.49. The zero-order valence-electron chi connectivity index (χ0n) is 13.2. The molecule has 2 N–H and O–H groups in total. The van der Waals surface area contributed by atoms with Gasteiger partial charge in [0, 0.05) is 32.6 Å². The molecule has 120 valence electrons. The summed E-state index contributed by atoms with van der Waals surface area (Å²) in [6.45, 7) is 5.55. The van der Waals surface area contributed by atoms with Crippen molar-refractivity contribution in [2.24, 2.45) is 11.7 Å². The summed E-state index contributed by atoms with van der Waals surface area (Å²) in [6, 6.07) is 0.190. The molecule has 0 spiro atoms. The van der Waals surface area contributed by atoms with E-state index in [0.29, 0.717) is 16.8 Å². The van der Waals surface area contributed by atoms with Gasteiger partial charge in [0.25, 0.3) is 0 Å². The number of piperazine rings is 1. The van der Waals surface area contributed by atoms with Gasteiger partial charge in [0.2, 0.25) is 5.91 Å². The largest absolute Gasteiger partial charge is 0.392 e. The molecule has 0 radical (unpaired) electrons. The Balaban J connectivity index is 1.77. The monoisotopic (exact) mass is 311 g/mol. The number of amides is 1. The molecule has 1 aliphatic carbocycles. The van der Waals surface area contributed by atoms with Crippen LogP contribution in [0, 0.1) is 5.92 Å². The topological polar surface area (TPSA) is 49.6 Å². The Bertz CT molecular complexity index is 361. The number of carbonyl (C=O) groups excluding carboxylic acids is 1. The van der Waals surface area contributed by atoms with E-state index in [-0.39, 0.29) is 6.04 Å². The lowest BCUT2D eigenvalue weighted by molar-refractivity contribution is -0.134. The third-order valence-corrected chi connectivity index (χ3v) is 5.28. The van der Waals surface area contributed by atoms with Crippen LogP contribution in [0.5, 0.6) is 0 Å². The van der Waals surface area contributed by atoms with Gasteiger partial charge in [-0.15, -0.1) is 0 Å². The fourth-order valence-corrected chi connectivity index (χ4v) is 4.01. The van der Waals surface area contributed by atoms with Gasteiger partial charge in [-0.3, -0.25) is 9.69 Å². The molecule has 1 saturated heterocycles. The number of hydrogen-bond donors (Lipinski definition) is 1. The van der Waals surface area contributed by atoms with Crippen molar-refractivity contribution in [2.45, 2.75) is 57.9 Å². The molecule has 2 fully saturated rings. The van der Waals surface area contributed by atoms with E-state index in [4.69, 9.17) is 18.0 Å². The second-order valence-electron chi connectivity index (χ2n) is 6.45. The van der Waals surface area contributed by atoms with Gasteiger partial charge in [-0.2, -0.15) is 0 Å². The van der Waals surface area contributed by atoms with Gasteiger partial charge in [-0.05, 0) is 25.2 Å². The van der Waals surface area contributed by atoms with E-state index in [1.165, 1.54) is 32.1 Å². The van der Waals surface area contributed by atoms with Crippen LogP contribution in [0.25, 0.3) is 0 Å². The van der Waals surface area contributed by atoms with Gasteiger partial charge < -0.3 is 10.6 Å². The minimum atomic E-state index is 0.190. The normalized spacial score (nSPS) is 23.0. The van der Waals surface area contributed by atoms with Gasteiger partial charge in [-0.25, -0.2) is 0 Å². The minimum Gasteiger partial charge on any atom is -0.392 e. The van der Waals surface area contributed by atoms with Crippen LogP contribution < -0.4 is 5.73 Å². The van der Waals surface area contributed by atoms with Gasteiger partial charge in [0.15, 0.2) is 0 Å². The van der Waals surface area contributed by atoms with Crippen molar-refractivity contribution in [3.8, 4) is 0 Å². The van der Waals surface area contributed by atoms with E-state index in [1.807, 2.05) is 4.90 Å². The highest BCUT2D eigenvalue weighted by atomic mass is 32.1. The van der Waals surface area contributed by atoms with Crippen molar-refractivity contribution in [1.29, 1.82) is 0 Å². The molecule has 1 unspecified atom stereocenters. The van der Waals surface area contributed by atoms with Crippen LogP contribution in [-0.2, 0) is 4.79 Å². The van der Waals surface area contributed by atoms with Crippen molar-refractivity contribution in [3.63, 3.8) is 0 Å². The summed E-state index contributed by atoms with van der Waals surface area (Å²) in [5.41, 5.74) is 5.81. The Morgan fingerprint density at radius 3 is 2.33 bits per heavy atom. The smallest absolute Gasteiger partial charge is 0.222 e. The fourth-order valence-electron chi connectivity index (χ4n) is 3.69. The van der Waals surface area contributed by atoms with E-state index in [9.17, 15) is 4.79 Å². The van der Waals surface area contributed by atoms with Gasteiger partial charge in [0.05, 0.1) is 11.0 Å². The molecule has 1 saturated carbocycles. The summed E-state index contributed by atoms with van der Waals surface area (Å²) in [4.78, 5) is 17.4. The Labute approximate surface area is 134 Å². The molecule has 1 amide bonds. The maximum atomic E-state index is 12.4. The lowest BCUT2D eigenvalue weighted by Crippen LogP contribution is -2.54. The maximum absolute atomic E-state index is 12.4. The molecule has 0 aromatic rings. The molecule has 0 aromatic heterocycles. The lowest BCUT2D eigenvalue weighted by atomic mass is 9.86. The van der Waals surface area contributed by atoms with E-state index < -0.39 is 0 Å². The molecular weight excluding hydrogens is 282 g/mol. The molecule has 2 rings (SSSR count). The summed E-state index contributed by atoms with van der Waals surface area (Å²) in [7, 11) is 0. The molecule has 4 nitrogen and oxygen atoms in total. The molecule has 2 aliphatic rings. The van der Waals surface area contributed by atoms with E-state index >= 15 is 0 Å². The van der Waals surface area contributed by atoms with Crippen molar-refractivity contribution >= 4 is 23.1 Å². The third-order valence-electron chi connectivity index (χ3n) is 5.01. The number of rotatable bonds is 5. The molecule has 5 heteroatoms. The van der Waals surface area contributed by atoms with Crippen LogP contribution in [0.1, 0.15) is 51.9 Å². The molecule has 1 heterocycles. The average molecular weight is 311 g/mol. The first-order valence-corrected chi connectivity index (χ1v) is 8.83. The number of carbonyl (C=O) groups is 1. The second-order valence-corrected chi connectivity index (χ2v) is 6.92. The highest BCUT2D eigenvalue weighted by molar-refractivity contribution is 7.80. The first-order chi connectivity index (χ1) is 10.1. The van der Waals surface area contributed by atoms with Gasteiger partial charge >= 0.3 is 0 Å². The first-order valence-electron chi connectivity index (χ1n) is 8.43. The Morgan fingerprint density at radius 1 is 1.19 bits per heavy atom. The predicted octanol–water partition coefficient (Wildman–Crippen LogP) is 2.17. The van der Waals surface area contributed by atoms with Crippen LogP contribution in [-0.4, -0.2) is 52.9 Å². The molecule has 0 bridgehead atoms. The Kier molecular flexibility index (Phi) is 6.42. The van der Waals surface area contributed by atoms with Crippen LogP contribution in [0.3, 0.4) is 0 Å². The van der Waals surface area contributed by atoms with Crippen LogP contribution in [0.2, 0.25) is 0 Å². The lowest BCUT2D eigenvalue weighted by Gasteiger charge is -2.39. The number of nitrogens with two attached hydrogens (primary N) is 1. The number of thiocarbonyl (C=S) groups is 1. The summed E-state index contributed by atoms with van der Waals surface area (Å²) < 4.78 is 0. The minimum absolute atomic E-state index is 0.190. The van der Waals surface area contributed by atoms with Gasteiger partial charge in [0.1, 0.15) is 0 Å². The Hall–Kier alpha value is -0.680. The van der Waals surface area contributed by atoms with Crippen molar-refractivity contribution in [1.82, 2.24) is 9.80 Å². The molecular formula is C16H29N3OS. The summed E-state index contributed by atoms with van der Waals surface area (Å²) in [5.74, 6) is 0.981. The highest BCUT2D eigenvalue weighted by Crippen LogP contribution is 2.27. The van der Waals surface area contributed by atoms with Crippen molar-refractivity contribution in [2.75, 3.05) is 26.2 Å². The molecule has 21 heavy (non-hydrogen) atoms. The second kappa shape index (κ2) is 8.08. The van der Waals surface area contributed by atoms with E-state index in [2.05, 4.69) is 11.8 Å². The van der Waals surface area contributed by atoms with E-state index in [1.54, 1.807) is 0 Å². The standard InChI is InChI=1S/C16H29N3OS/c1-2-14(16(17)21)18-8-10-19(11-9-18)15(20)12-13-6-4-3-5-7-13/h13-14H,2-12H2,1H3,(H2,17,21). The Morgan fingerprint density at radius 2 is 1.81 bits per heavy atom. The third kappa shape index (κ3) is 4.65. The maximum Gasteiger partial charge on any atom is 0.222 e. The number of hydrogen-bond acceptors (Lipinski definition) is 3. The number of nitrogens with zero attached hydrogens (tertiary/aromatic N) is 2. The highest BCUT2D eigenvalue weighted by Gasteiger charge is 2.27. The van der Waals surface area contributed by atoms with Crippen molar-refractivity contribution < 1.29 is 4.79 Å². The SMILES string of the molecule is CCC(C(N)=S)N1CCN(C(=O)CC2CCCCC2)CC1. The first kappa shape index (κ1) is 16.7. The molecule has 0 aromatic carbocycles. The molecule has 1 aliphatic heterocycles. The fraction of sp³-hybridized carbons (Fsp3) is 0.875. The summed E-state index contributed by atoms with van der Waals surface area (Å²) in [5, 5.41) is 0. The predicted molar refractivity (Wildman–Crippen MR) is 90.2 cm³/mol. The van der Waals surface area contributed by atoms with Crippen LogP contribution >= 0.6 is 12.2 Å². The zero-order chi connectivity index (χ0) is 15.2. The van der Waals surface area contributed by atoms with E-state index in [0.717, 1.165) is 39.0 Å². The zero-order valence-corrected chi connectivity index (χ0v) is 14.0. The molecule has 1 atom stereocenters.